The third kappa shape index (κ3) is 5.77. The first-order valence-electron chi connectivity index (χ1n) is 6.20. The maximum atomic E-state index is 13.0. The van der Waals surface area contributed by atoms with Gasteiger partial charge in [-0.15, -0.1) is 5.92 Å². The van der Waals surface area contributed by atoms with Crippen LogP contribution < -0.4 is 4.72 Å². The van der Waals surface area contributed by atoms with Crippen LogP contribution in [0.3, 0.4) is 0 Å². The van der Waals surface area contributed by atoms with E-state index in [2.05, 4.69) is 11.8 Å². The summed E-state index contributed by atoms with van der Waals surface area (Å²) >= 11 is 0. The van der Waals surface area contributed by atoms with E-state index in [0.29, 0.717) is 0 Å². The molecule has 120 valence electrons. The summed E-state index contributed by atoms with van der Waals surface area (Å²) in [5.74, 6) is 0.633. The van der Waals surface area contributed by atoms with Crippen LogP contribution in [0.4, 0.5) is 13.2 Å². The van der Waals surface area contributed by atoms with Gasteiger partial charge in [0, 0.05) is 6.42 Å². The molecule has 0 aliphatic rings. The van der Waals surface area contributed by atoms with Gasteiger partial charge in [-0.25, -0.2) is 8.42 Å². The molecule has 0 aliphatic carbocycles. The number of sulfonamides is 1. The highest BCUT2D eigenvalue weighted by molar-refractivity contribution is 7.90. The second-order valence-electron chi connectivity index (χ2n) is 4.42. The molecule has 1 rings (SSSR count). The quantitative estimate of drug-likeness (QED) is 0.840. The molecule has 1 aromatic rings. The number of alkyl halides is 3. The molecule has 22 heavy (non-hydrogen) atoms. The van der Waals surface area contributed by atoms with Crippen LogP contribution in [0, 0.1) is 11.8 Å². The average molecular weight is 333 g/mol. The van der Waals surface area contributed by atoms with E-state index in [9.17, 15) is 26.4 Å². The minimum absolute atomic E-state index is 0.101. The van der Waals surface area contributed by atoms with Gasteiger partial charge in [0.15, 0.2) is 0 Å². The molecule has 1 amide bonds. The van der Waals surface area contributed by atoms with Gasteiger partial charge >= 0.3 is 6.18 Å². The van der Waals surface area contributed by atoms with Crippen LogP contribution in [0.5, 0.6) is 0 Å². The standard InChI is InChI=1S/C14H14F3NO3S/c1-2-3-9-22(20,21)18-13(19)10-12(14(15,16)17)11-7-5-4-6-8-11/h4-8,12H,9-10H2,1H3,(H,18,19)/t12-/m1/s1. The number of hydrogen-bond donors (Lipinski definition) is 1. The first kappa shape index (κ1) is 18.0. The predicted molar refractivity (Wildman–Crippen MR) is 75.2 cm³/mol. The molecule has 0 saturated heterocycles. The molecule has 0 aliphatic heterocycles. The number of amides is 1. The number of rotatable bonds is 5. The number of carbonyl (C=O) groups excluding carboxylic acids is 1. The molecule has 0 aromatic heterocycles. The molecule has 0 saturated carbocycles. The van der Waals surface area contributed by atoms with E-state index >= 15 is 0 Å². The van der Waals surface area contributed by atoms with Crippen molar-refractivity contribution in [1.82, 2.24) is 4.72 Å². The van der Waals surface area contributed by atoms with E-state index < -0.39 is 40.2 Å². The Hall–Kier alpha value is -2.01. The van der Waals surface area contributed by atoms with Crippen molar-refractivity contribution in [1.29, 1.82) is 0 Å². The summed E-state index contributed by atoms with van der Waals surface area (Å²) in [4.78, 5) is 11.6. The van der Waals surface area contributed by atoms with E-state index in [1.54, 1.807) is 10.8 Å². The molecular formula is C14H14F3NO3S. The van der Waals surface area contributed by atoms with E-state index in [1.807, 2.05) is 0 Å². The summed E-state index contributed by atoms with van der Waals surface area (Å²) in [7, 11) is -4.06. The van der Waals surface area contributed by atoms with E-state index in [-0.39, 0.29) is 5.56 Å². The molecule has 1 aromatic carbocycles. The van der Waals surface area contributed by atoms with Crippen LogP contribution in [0.1, 0.15) is 24.8 Å². The summed E-state index contributed by atoms with van der Waals surface area (Å²) in [6, 6.07) is 6.86. The van der Waals surface area contributed by atoms with E-state index in [0.717, 1.165) is 0 Å². The summed E-state index contributed by atoms with van der Waals surface area (Å²) < 4.78 is 63.6. The fourth-order valence-corrected chi connectivity index (χ4v) is 2.55. The monoisotopic (exact) mass is 333 g/mol. The predicted octanol–water partition coefficient (Wildman–Crippen LogP) is 2.19. The van der Waals surface area contributed by atoms with Gasteiger partial charge in [-0.05, 0) is 12.5 Å². The van der Waals surface area contributed by atoms with Crippen LogP contribution in [0.25, 0.3) is 0 Å². The zero-order valence-corrected chi connectivity index (χ0v) is 12.5. The highest BCUT2D eigenvalue weighted by atomic mass is 32.2. The molecule has 0 spiro atoms. The SMILES string of the molecule is CC#CCS(=O)(=O)NC(=O)C[C@H](c1ccccc1)C(F)(F)F. The van der Waals surface area contributed by atoms with Gasteiger partial charge in [-0.2, -0.15) is 13.2 Å². The van der Waals surface area contributed by atoms with Crippen LogP contribution in [-0.4, -0.2) is 26.3 Å². The third-order valence-corrected chi connectivity index (χ3v) is 3.76. The number of carbonyl (C=O) groups is 1. The molecule has 1 atom stereocenters. The van der Waals surface area contributed by atoms with Gasteiger partial charge in [0.25, 0.3) is 0 Å². The fraction of sp³-hybridized carbons (Fsp3) is 0.357. The Morgan fingerprint density at radius 1 is 1.27 bits per heavy atom. The molecule has 0 heterocycles. The van der Waals surface area contributed by atoms with Crippen molar-refractivity contribution in [2.75, 3.05) is 5.75 Å². The first-order valence-corrected chi connectivity index (χ1v) is 7.85. The van der Waals surface area contributed by atoms with Crippen LogP contribution in [-0.2, 0) is 14.8 Å². The van der Waals surface area contributed by atoms with Gasteiger partial charge < -0.3 is 0 Å². The second kappa shape index (κ2) is 7.31. The molecule has 0 bridgehead atoms. The van der Waals surface area contributed by atoms with Crippen molar-refractivity contribution in [3.63, 3.8) is 0 Å². The van der Waals surface area contributed by atoms with Crippen molar-refractivity contribution in [3.05, 3.63) is 35.9 Å². The van der Waals surface area contributed by atoms with Crippen molar-refractivity contribution in [3.8, 4) is 11.8 Å². The average Bonchev–Trinajstić information content (AvgIpc) is 2.42. The van der Waals surface area contributed by atoms with Gasteiger partial charge in [-0.1, -0.05) is 36.3 Å². The fourth-order valence-electron chi connectivity index (χ4n) is 1.71. The highest BCUT2D eigenvalue weighted by Gasteiger charge is 2.42. The zero-order chi connectivity index (χ0) is 16.8. The Balaban J connectivity index is 2.87. The van der Waals surface area contributed by atoms with Crippen molar-refractivity contribution in [2.45, 2.75) is 25.4 Å². The Kier molecular flexibility index (Phi) is 6.00. The van der Waals surface area contributed by atoms with Crippen LogP contribution in [0.15, 0.2) is 30.3 Å². The Bertz CT molecular complexity index is 673. The maximum absolute atomic E-state index is 13.0. The van der Waals surface area contributed by atoms with Gasteiger partial charge in [0.2, 0.25) is 15.9 Å². The van der Waals surface area contributed by atoms with Crippen molar-refractivity contribution >= 4 is 15.9 Å². The van der Waals surface area contributed by atoms with Gasteiger partial charge in [0.05, 0.1) is 5.92 Å². The molecule has 1 N–H and O–H groups in total. The maximum Gasteiger partial charge on any atom is 0.396 e. The topological polar surface area (TPSA) is 63.2 Å². The summed E-state index contributed by atoms with van der Waals surface area (Å²) in [6.07, 6.45) is -5.67. The number of nitrogens with one attached hydrogen (secondary N) is 1. The second-order valence-corrected chi connectivity index (χ2v) is 6.14. The Morgan fingerprint density at radius 2 is 1.86 bits per heavy atom. The van der Waals surface area contributed by atoms with Crippen LogP contribution in [0.2, 0.25) is 0 Å². The van der Waals surface area contributed by atoms with Gasteiger partial charge in [0.1, 0.15) is 5.75 Å². The molecular weight excluding hydrogens is 319 g/mol. The van der Waals surface area contributed by atoms with E-state index in [4.69, 9.17) is 0 Å². The first-order chi connectivity index (χ1) is 10.2. The number of benzene rings is 1. The largest absolute Gasteiger partial charge is 0.396 e. The minimum Gasteiger partial charge on any atom is -0.274 e. The smallest absolute Gasteiger partial charge is 0.274 e. The lowest BCUT2D eigenvalue weighted by Crippen LogP contribution is -2.35. The Labute approximate surface area is 126 Å². The molecule has 8 heteroatoms. The summed E-state index contributed by atoms with van der Waals surface area (Å²) in [5.41, 5.74) is -0.101. The lowest BCUT2D eigenvalue weighted by atomic mass is 9.95. The number of hydrogen-bond acceptors (Lipinski definition) is 3. The molecule has 0 unspecified atom stereocenters. The van der Waals surface area contributed by atoms with Crippen molar-refractivity contribution in [2.24, 2.45) is 0 Å². The lowest BCUT2D eigenvalue weighted by Gasteiger charge is -2.20. The van der Waals surface area contributed by atoms with E-state index in [1.165, 1.54) is 31.2 Å². The summed E-state index contributed by atoms with van der Waals surface area (Å²) in [6.45, 7) is 1.41. The molecule has 4 nitrogen and oxygen atoms in total. The lowest BCUT2D eigenvalue weighted by molar-refractivity contribution is -0.156. The Morgan fingerprint density at radius 3 is 2.36 bits per heavy atom. The van der Waals surface area contributed by atoms with Crippen molar-refractivity contribution < 1.29 is 26.4 Å². The summed E-state index contributed by atoms with van der Waals surface area (Å²) in [5, 5.41) is 0. The molecule has 0 fully saturated rings. The number of halogens is 3. The minimum atomic E-state index is -4.66. The third-order valence-electron chi connectivity index (χ3n) is 2.69. The van der Waals surface area contributed by atoms with Crippen LogP contribution >= 0.6 is 0 Å². The molecule has 0 radical (unpaired) electrons. The normalized spacial score (nSPS) is 12.9. The highest BCUT2D eigenvalue weighted by Crippen LogP contribution is 2.37. The van der Waals surface area contributed by atoms with Gasteiger partial charge in [-0.3, -0.25) is 9.52 Å². The zero-order valence-electron chi connectivity index (χ0n) is 11.6.